The SMILES string of the molecule is c1cnc2cc3oc4ncccc4c3cc2c1. The molecule has 0 bridgehead atoms. The Hall–Kier alpha value is -2.42. The maximum absolute atomic E-state index is 5.71. The molecule has 0 fully saturated rings. The highest BCUT2D eigenvalue weighted by Crippen LogP contribution is 2.29. The summed E-state index contributed by atoms with van der Waals surface area (Å²) in [5.41, 5.74) is 2.46. The molecule has 0 aliphatic carbocycles. The third kappa shape index (κ3) is 1.16. The number of pyridine rings is 2. The molecule has 0 spiro atoms. The van der Waals surface area contributed by atoms with E-state index >= 15 is 0 Å². The lowest BCUT2D eigenvalue weighted by Crippen LogP contribution is -1.76. The van der Waals surface area contributed by atoms with Crippen LogP contribution >= 0.6 is 0 Å². The number of furan rings is 1. The van der Waals surface area contributed by atoms with E-state index in [9.17, 15) is 0 Å². The molecule has 0 aliphatic rings. The van der Waals surface area contributed by atoms with Gasteiger partial charge >= 0.3 is 0 Å². The fourth-order valence-corrected chi connectivity index (χ4v) is 2.18. The van der Waals surface area contributed by atoms with Gasteiger partial charge in [-0.2, -0.15) is 0 Å². The second-order valence-corrected chi connectivity index (χ2v) is 4.00. The van der Waals surface area contributed by atoms with Crippen molar-refractivity contribution in [3.05, 3.63) is 48.8 Å². The molecule has 0 saturated heterocycles. The molecule has 0 N–H and O–H groups in total. The maximum atomic E-state index is 5.71. The highest BCUT2D eigenvalue weighted by Gasteiger charge is 2.08. The van der Waals surface area contributed by atoms with E-state index in [0.717, 1.165) is 27.3 Å². The minimum absolute atomic E-state index is 0.679. The van der Waals surface area contributed by atoms with Gasteiger partial charge in [-0.15, -0.1) is 0 Å². The first-order valence-electron chi connectivity index (χ1n) is 5.44. The normalized spacial score (nSPS) is 11.5. The van der Waals surface area contributed by atoms with E-state index < -0.39 is 0 Å². The predicted molar refractivity (Wildman–Crippen MR) is 66.8 cm³/mol. The van der Waals surface area contributed by atoms with Crippen LogP contribution in [-0.2, 0) is 0 Å². The van der Waals surface area contributed by atoms with Gasteiger partial charge in [0.05, 0.1) is 5.52 Å². The van der Waals surface area contributed by atoms with Crippen molar-refractivity contribution in [3.8, 4) is 0 Å². The van der Waals surface area contributed by atoms with Gasteiger partial charge in [0.15, 0.2) is 0 Å². The molecule has 1 aromatic carbocycles. The molecule has 80 valence electrons. The van der Waals surface area contributed by atoms with Crippen LogP contribution in [0.4, 0.5) is 0 Å². The lowest BCUT2D eigenvalue weighted by Gasteiger charge is -1.95. The molecule has 0 aliphatic heterocycles. The molecule has 3 nitrogen and oxygen atoms in total. The molecule has 0 saturated carbocycles. The molecule has 0 radical (unpaired) electrons. The van der Waals surface area contributed by atoms with Gasteiger partial charge in [0.25, 0.3) is 0 Å². The Bertz CT molecular complexity index is 842. The monoisotopic (exact) mass is 220 g/mol. The van der Waals surface area contributed by atoms with Crippen molar-refractivity contribution in [1.82, 2.24) is 9.97 Å². The summed E-state index contributed by atoms with van der Waals surface area (Å²) >= 11 is 0. The zero-order valence-corrected chi connectivity index (χ0v) is 8.92. The third-order valence-electron chi connectivity index (χ3n) is 2.97. The van der Waals surface area contributed by atoms with E-state index in [-0.39, 0.29) is 0 Å². The van der Waals surface area contributed by atoms with Crippen molar-refractivity contribution >= 4 is 33.0 Å². The number of nitrogens with zero attached hydrogens (tertiary/aromatic N) is 2. The second-order valence-electron chi connectivity index (χ2n) is 4.00. The minimum atomic E-state index is 0.679. The number of hydrogen-bond acceptors (Lipinski definition) is 3. The lowest BCUT2D eigenvalue weighted by atomic mass is 10.1. The van der Waals surface area contributed by atoms with Crippen molar-refractivity contribution in [3.63, 3.8) is 0 Å². The average Bonchev–Trinajstić information content (AvgIpc) is 2.73. The molecule has 3 heteroatoms. The van der Waals surface area contributed by atoms with E-state index in [1.807, 2.05) is 24.3 Å². The first kappa shape index (κ1) is 8.70. The Morgan fingerprint density at radius 1 is 0.882 bits per heavy atom. The van der Waals surface area contributed by atoms with Gasteiger partial charge in [-0.1, -0.05) is 6.07 Å². The first-order chi connectivity index (χ1) is 8.42. The summed E-state index contributed by atoms with van der Waals surface area (Å²) in [6, 6.07) is 12.0. The summed E-state index contributed by atoms with van der Waals surface area (Å²) in [5.74, 6) is 0. The van der Waals surface area contributed by atoms with Gasteiger partial charge in [-0.3, -0.25) is 4.98 Å². The molecule has 4 aromatic rings. The van der Waals surface area contributed by atoms with Crippen LogP contribution in [0.15, 0.2) is 53.2 Å². The highest BCUT2D eigenvalue weighted by atomic mass is 16.3. The summed E-state index contributed by atoms with van der Waals surface area (Å²) in [4.78, 5) is 8.54. The van der Waals surface area contributed by atoms with E-state index in [1.165, 1.54) is 0 Å². The summed E-state index contributed by atoms with van der Waals surface area (Å²) in [6.45, 7) is 0. The molecule has 0 amide bonds. The quantitative estimate of drug-likeness (QED) is 0.455. The van der Waals surface area contributed by atoms with Gasteiger partial charge in [-0.05, 0) is 24.3 Å². The van der Waals surface area contributed by atoms with Crippen molar-refractivity contribution in [2.75, 3.05) is 0 Å². The first-order valence-corrected chi connectivity index (χ1v) is 5.44. The Morgan fingerprint density at radius 2 is 1.76 bits per heavy atom. The highest BCUT2D eigenvalue weighted by molar-refractivity contribution is 6.08. The predicted octanol–water partition coefficient (Wildman–Crippen LogP) is 3.53. The number of benzene rings is 1. The van der Waals surface area contributed by atoms with Crippen LogP contribution in [-0.4, -0.2) is 9.97 Å². The van der Waals surface area contributed by atoms with E-state index in [2.05, 4.69) is 22.1 Å². The van der Waals surface area contributed by atoms with Crippen molar-refractivity contribution in [1.29, 1.82) is 0 Å². The zero-order valence-electron chi connectivity index (χ0n) is 8.92. The molecular formula is C14H8N2O. The minimum Gasteiger partial charge on any atom is -0.438 e. The summed E-state index contributed by atoms with van der Waals surface area (Å²) < 4.78 is 5.71. The average molecular weight is 220 g/mol. The maximum Gasteiger partial charge on any atom is 0.227 e. The van der Waals surface area contributed by atoms with E-state index in [1.54, 1.807) is 12.4 Å². The fraction of sp³-hybridized carbons (Fsp3) is 0. The van der Waals surface area contributed by atoms with Gasteiger partial charge in [0.2, 0.25) is 5.71 Å². The Balaban J connectivity index is 2.28. The number of rotatable bonds is 0. The smallest absolute Gasteiger partial charge is 0.227 e. The van der Waals surface area contributed by atoms with Crippen LogP contribution in [0.5, 0.6) is 0 Å². The Morgan fingerprint density at radius 3 is 2.76 bits per heavy atom. The Kier molecular flexibility index (Phi) is 1.56. The van der Waals surface area contributed by atoms with Gasteiger partial charge < -0.3 is 4.42 Å². The molecule has 3 heterocycles. The van der Waals surface area contributed by atoms with Crippen LogP contribution in [0, 0.1) is 0 Å². The Labute approximate surface area is 96.7 Å². The summed E-state index contributed by atoms with van der Waals surface area (Å²) in [6.07, 6.45) is 3.53. The van der Waals surface area contributed by atoms with Crippen LogP contribution in [0.25, 0.3) is 33.0 Å². The van der Waals surface area contributed by atoms with Gasteiger partial charge in [0.1, 0.15) is 5.58 Å². The fourth-order valence-electron chi connectivity index (χ4n) is 2.18. The molecule has 17 heavy (non-hydrogen) atoms. The number of aromatic nitrogens is 2. The van der Waals surface area contributed by atoms with E-state index in [4.69, 9.17) is 4.42 Å². The number of hydrogen-bond donors (Lipinski definition) is 0. The number of fused-ring (bicyclic) bond motifs is 4. The van der Waals surface area contributed by atoms with Gasteiger partial charge in [-0.25, -0.2) is 4.98 Å². The van der Waals surface area contributed by atoms with Crippen LogP contribution < -0.4 is 0 Å². The molecule has 3 aromatic heterocycles. The largest absolute Gasteiger partial charge is 0.438 e. The zero-order chi connectivity index (χ0) is 11.2. The molecule has 0 atom stereocenters. The summed E-state index contributed by atoms with van der Waals surface area (Å²) in [7, 11) is 0. The molecule has 0 unspecified atom stereocenters. The van der Waals surface area contributed by atoms with Crippen molar-refractivity contribution < 1.29 is 4.42 Å². The van der Waals surface area contributed by atoms with Crippen LogP contribution in [0.2, 0.25) is 0 Å². The van der Waals surface area contributed by atoms with Crippen LogP contribution in [0.3, 0.4) is 0 Å². The van der Waals surface area contributed by atoms with E-state index in [0.29, 0.717) is 5.71 Å². The standard InChI is InChI=1S/C14H8N2O/c1-3-9-7-11-10-4-2-6-16-14(10)17-13(11)8-12(9)15-5-1/h1-8H. The van der Waals surface area contributed by atoms with Crippen LogP contribution in [0.1, 0.15) is 0 Å². The van der Waals surface area contributed by atoms with Crippen molar-refractivity contribution in [2.24, 2.45) is 0 Å². The molecule has 4 rings (SSSR count). The second kappa shape index (κ2) is 3.04. The lowest BCUT2D eigenvalue weighted by molar-refractivity contribution is 0.654. The van der Waals surface area contributed by atoms with Crippen molar-refractivity contribution in [2.45, 2.75) is 0 Å². The topological polar surface area (TPSA) is 38.9 Å². The third-order valence-corrected chi connectivity index (χ3v) is 2.97. The summed E-state index contributed by atoms with van der Waals surface area (Å²) in [5, 5.41) is 3.26. The van der Waals surface area contributed by atoms with Gasteiger partial charge in [0, 0.05) is 34.6 Å². The molecular weight excluding hydrogens is 212 g/mol.